The van der Waals surface area contributed by atoms with Gasteiger partial charge in [0.1, 0.15) is 18.4 Å². The summed E-state index contributed by atoms with van der Waals surface area (Å²) in [5.74, 6) is 0.537. The standard InChI is InChI=1S/C14H15N3O2/c15-10-12-1-2-14(13(9-12)11-16)19-8-5-17-3-6-18-7-4-17/h1-2,9H,3-8H2. The van der Waals surface area contributed by atoms with Crippen LogP contribution in [-0.4, -0.2) is 44.4 Å². The fourth-order valence-corrected chi connectivity index (χ4v) is 1.92. The molecular formula is C14H15N3O2. The first-order valence-electron chi connectivity index (χ1n) is 6.20. The van der Waals surface area contributed by atoms with Crippen molar-refractivity contribution in [3.8, 4) is 17.9 Å². The fourth-order valence-electron chi connectivity index (χ4n) is 1.92. The van der Waals surface area contributed by atoms with Crippen LogP contribution in [0.25, 0.3) is 0 Å². The number of morpholine rings is 1. The van der Waals surface area contributed by atoms with Gasteiger partial charge in [0, 0.05) is 19.6 Å². The molecule has 0 N–H and O–H groups in total. The van der Waals surface area contributed by atoms with Gasteiger partial charge in [0.05, 0.1) is 30.4 Å². The number of rotatable bonds is 4. The molecule has 5 heteroatoms. The van der Waals surface area contributed by atoms with Crippen molar-refractivity contribution in [3.05, 3.63) is 29.3 Å². The molecule has 2 rings (SSSR count). The van der Waals surface area contributed by atoms with E-state index in [2.05, 4.69) is 4.90 Å². The monoisotopic (exact) mass is 257 g/mol. The summed E-state index contributed by atoms with van der Waals surface area (Å²) in [4.78, 5) is 2.26. The summed E-state index contributed by atoms with van der Waals surface area (Å²) in [5.41, 5.74) is 0.873. The minimum Gasteiger partial charge on any atom is -0.491 e. The maximum Gasteiger partial charge on any atom is 0.137 e. The van der Waals surface area contributed by atoms with E-state index in [1.807, 2.05) is 12.1 Å². The number of nitriles is 2. The lowest BCUT2D eigenvalue weighted by atomic mass is 10.1. The van der Waals surface area contributed by atoms with E-state index in [1.54, 1.807) is 18.2 Å². The summed E-state index contributed by atoms with van der Waals surface area (Å²) in [6, 6.07) is 8.94. The first kappa shape index (κ1) is 13.4. The van der Waals surface area contributed by atoms with Crippen LogP contribution in [0.3, 0.4) is 0 Å². The van der Waals surface area contributed by atoms with Crippen molar-refractivity contribution in [1.29, 1.82) is 10.5 Å². The molecule has 1 aromatic carbocycles. The van der Waals surface area contributed by atoms with Crippen LogP contribution in [0, 0.1) is 22.7 Å². The van der Waals surface area contributed by atoms with Gasteiger partial charge in [0.15, 0.2) is 0 Å². The van der Waals surface area contributed by atoms with E-state index >= 15 is 0 Å². The van der Waals surface area contributed by atoms with Gasteiger partial charge in [-0.05, 0) is 18.2 Å². The minimum atomic E-state index is 0.404. The second-order valence-corrected chi connectivity index (χ2v) is 4.24. The van der Waals surface area contributed by atoms with Gasteiger partial charge in [-0.15, -0.1) is 0 Å². The molecule has 0 saturated carbocycles. The Labute approximate surface area is 112 Å². The lowest BCUT2D eigenvalue weighted by Crippen LogP contribution is -2.38. The van der Waals surface area contributed by atoms with E-state index in [1.165, 1.54) is 0 Å². The van der Waals surface area contributed by atoms with Crippen LogP contribution in [0.2, 0.25) is 0 Å². The SMILES string of the molecule is N#Cc1ccc(OCCN2CCOCC2)c(C#N)c1. The Bertz CT molecular complexity index is 510. The van der Waals surface area contributed by atoms with E-state index in [0.717, 1.165) is 32.8 Å². The number of benzene rings is 1. The second kappa shape index (κ2) is 6.75. The average molecular weight is 257 g/mol. The van der Waals surface area contributed by atoms with Gasteiger partial charge in [-0.1, -0.05) is 0 Å². The van der Waals surface area contributed by atoms with Gasteiger partial charge < -0.3 is 9.47 Å². The Morgan fingerprint density at radius 1 is 1.21 bits per heavy atom. The van der Waals surface area contributed by atoms with Crippen molar-refractivity contribution in [2.45, 2.75) is 0 Å². The highest BCUT2D eigenvalue weighted by atomic mass is 16.5. The first-order chi connectivity index (χ1) is 9.33. The summed E-state index contributed by atoms with van der Waals surface area (Å²) in [6.45, 7) is 4.71. The van der Waals surface area contributed by atoms with Crippen LogP contribution in [0.1, 0.15) is 11.1 Å². The van der Waals surface area contributed by atoms with Gasteiger partial charge in [-0.25, -0.2) is 0 Å². The van der Waals surface area contributed by atoms with Crippen molar-refractivity contribution in [1.82, 2.24) is 4.90 Å². The molecule has 0 unspecified atom stereocenters. The maximum absolute atomic E-state index is 9.02. The highest BCUT2D eigenvalue weighted by Crippen LogP contribution is 2.19. The van der Waals surface area contributed by atoms with E-state index in [-0.39, 0.29) is 0 Å². The molecule has 98 valence electrons. The molecule has 1 saturated heterocycles. The zero-order valence-corrected chi connectivity index (χ0v) is 10.6. The highest BCUT2D eigenvalue weighted by Gasteiger charge is 2.10. The van der Waals surface area contributed by atoms with Gasteiger partial charge in [0.2, 0.25) is 0 Å². The molecular weight excluding hydrogens is 242 g/mol. The summed E-state index contributed by atoms with van der Waals surface area (Å²) in [5, 5.41) is 17.8. The van der Waals surface area contributed by atoms with Crippen molar-refractivity contribution in [2.75, 3.05) is 39.5 Å². The molecule has 0 bridgehead atoms. The summed E-state index contributed by atoms with van der Waals surface area (Å²) in [6.07, 6.45) is 0. The van der Waals surface area contributed by atoms with E-state index < -0.39 is 0 Å². The molecule has 1 heterocycles. The minimum absolute atomic E-state index is 0.404. The summed E-state index contributed by atoms with van der Waals surface area (Å²) < 4.78 is 10.9. The molecule has 0 radical (unpaired) electrons. The quantitative estimate of drug-likeness (QED) is 0.809. The van der Waals surface area contributed by atoms with Crippen LogP contribution in [-0.2, 0) is 4.74 Å². The summed E-state index contributed by atoms with van der Waals surface area (Å²) in [7, 11) is 0. The Hall–Kier alpha value is -2.08. The van der Waals surface area contributed by atoms with Gasteiger partial charge in [-0.3, -0.25) is 4.90 Å². The number of nitrogens with zero attached hydrogens (tertiary/aromatic N) is 3. The average Bonchev–Trinajstić information content (AvgIpc) is 2.48. The molecule has 1 fully saturated rings. The predicted molar refractivity (Wildman–Crippen MR) is 68.6 cm³/mol. The number of hydrogen-bond donors (Lipinski definition) is 0. The third kappa shape index (κ3) is 3.69. The molecule has 5 nitrogen and oxygen atoms in total. The fraction of sp³-hybridized carbons (Fsp3) is 0.429. The number of hydrogen-bond acceptors (Lipinski definition) is 5. The normalized spacial score (nSPS) is 15.5. The number of ether oxygens (including phenoxy) is 2. The second-order valence-electron chi connectivity index (χ2n) is 4.24. The van der Waals surface area contributed by atoms with Gasteiger partial charge in [0.25, 0.3) is 0 Å². The Morgan fingerprint density at radius 2 is 2.00 bits per heavy atom. The molecule has 19 heavy (non-hydrogen) atoms. The van der Waals surface area contributed by atoms with Gasteiger partial charge in [-0.2, -0.15) is 10.5 Å². The molecule has 1 aromatic rings. The zero-order chi connectivity index (χ0) is 13.5. The van der Waals surface area contributed by atoms with E-state index in [0.29, 0.717) is 23.5 Å². The molecule has 1 aliphatic rings. The van der Waals surface area contributed by atoms with Crippen molar-refractivity contribution >= 4 is 0 Å². The van der Waals surface area contributed by atoms with E-state index in [9.17, 15) is 0 Å². The van der Waals surface area contributed by atoms with Crippen molar-refractivity contribution in [2.24, 2.45) is 0 Å². The molecule has 0 atom stereocenters. The summed E-state index contributed by atoms with van der Waals surface area (Å²) >= 11 is 0. The largest absolute Gasteiger partial charge is 0.491 e. The first-order valence-corrected chi connectivity index (χ1v) is 6.20. The highest BCUT2D eigenvalue weighted by molar-refractivity contribution is 5.48. The molecule has 0 amide bonds. The van der Waals surface area contributed by atoms with Crippen molar-refractivity contribution < 1.29 is 9.47 Å². The van der Waals surface area contributed by atoms with Crippen molar-refractivity contribution in [3.63, 3.8) is 0 Å². The van der Waals surface area contributed by atoms with Crippen LogP contribution in [0.5, 0.6) is 5.75 Å². The third-order valence-electron chi connectivity index (χ3n) is 3.00. The maximum atomic E-state index is 9.02. The predicted octanol–water partition coefficient (Wildman–Crippen LogP) is 1.14. The third-order valence-corrected chi connectivity index (χ3v) is 3.00. The van der Waals surface area contributed by atoms with Gasteiger partial charge >= 0.3 is 0 Å². The topological polar surface area (TPSA) is 69.3 Å². The van der Waals surface area contributed by atoms with Crippen LogP contribution < -0.4 is 4.74 Å². The Balaban J connectivity index is 1.89. The Kier molecular flexibility index (Phi) is 4.74. The molecule has 1 aliphatic heterocycles. The van der Waals surface area contributed by atoms with Crippen LogP contribution in [0.15, 0.2) is 18.2 Å². The van der Waals surface area contributed by atoms with Crippen LogP contribution >= 0.6 is 0 Å². The molecule has 0 aromatic heterocycles. The Morgan fingerprint density at radius 3 is 2.68 bits per heavy atom. The van der Waals surface area contributed by atoms with Crippen LogP contribution in [0.4, 0.5) is 0 Å². The lowest BCUT2D eigenvalue weighted by Gasteiger charge is -2.26. The van der Waals surface area contributed by atoms with E-state index in [4.69, 9.17) is 20.0 Å². The molecule has 0 aliphatic carbocycles. The smallest absolute Gasteiger partial charge is 0.137 e. The molecule has 0 spiro atoms. The zero-order valence-electron chi connectivity index (χ0n) is 10.6. The lowest BCUT2D eigenvalue weighted by molar-refractivity contribution is 0.0322.